The van der Waals surface area contributed by atoms with E-state index < -0.39 is 5.76 Å². The van der Waals surface area contributed by atoms with Gasteiger partial charge in [0, 0.05) is 25.4 Å². The van der Waals surface area contributed by atoms with Crippen LogP contribution in [0.3, 0.4) is 0 Å². The average Bonchev–Trinajstić information content (AvgIpc) is 3.07. The summed E-state index contributed by atoms with van der Waals surface area (Å²) in [7, 11) is 1.89. The van der Waals surface area contributed by atoms with Crippen LogP contribution in [0.15, 0.2) is 46.0 Å². The van der Waals surface area contributed by atoms with Gasteiger partial charge in [-0.25, -0.2) is 4.79 Å². The molecule has 3 rings (SSSR count). The topological polar surface area (TPSA) is 65.8 Å². The van der Waals surface area contributed by atoms with Crippen molar-refractivity contribution in [2.24, 2.45) is 7.05 Å². The van der Waals surface area contributed by atoms with Gasteiger partial charge in [0.05, 0.1) is 6.20 Å². The number of hydrogen-bond donors (Lipinski definition) is 0. The fourth-order valence-electron chi connectivity index (χ4n) is 2.53. The summed E-state index contributed by atoms with van der Waals surface area (Å²) in [5, 5.41) is 8.08. The maximum atomic E-state index is 11.9. The highest BCUT2D eigenvalue weighted by atomic mass is 16.5. The van der Waals surface area contributed by atoms with Crippen molar-refractivity contribution in [3.63, 3.8) is 0 Å². The molecule has 114 valence electrons. The molecule has 2 heterocycles. The Bertz CT molecular complexity index is 829. The normalized spacial score (nSPS) is 11.0. The van der Waals surface area contributed by atoms with Crippen LogP contribution in [0.4, 0.5) is 0 Å². The average molecular weight is 298 g/mol. The first kappa shape index (κ1) is 14.3. The van der Waals surface area contributed by atoms with Gasteiger partial charge in [-0.1, -0.05) is 29.4 Å². The molecule has 0 radical (unpaired) electrons. The third-order valence-corrected chi connectivity index (χ3v) is 3.68. The molecule has 0 spiro atoms. The Hall–Kier alpha value is -2.63. The van der Waals surface area contributed by atoms with Gasteiger partial charge in [-0.15, -0.1) is 0 Å². The molecule has 0 amide bonds. The van der Waals surface area contributed by atoms with E-state index in [0.717, 1.165) is 29.5 Å². The predicted octanol–water partition coefficient (Wildman–Crippen LogP) is 2.18. The molecule has 0 saturated carbocycles. The van der Waals surface area contributed by atoms with Crippen molar-refractivity contribution < 1.29 is 4.52 Å². The van der Waals surface area contributed by atoms with Crippen LogP contribution >= 0.6 is 0 Å². The molecule has 0 aliphatic rings. The van der Waals surface area contributed by atoms with Gasteiger partial charge in [-0.2, -0.15) is 5.10 Å². The molecule has 0 aliphatic carbocycles. The molecule has 0 N–H and O–H groups in total. The van der Waals surface area contributed by atoms with E-state index >= 15 is 0 Å². The van der Waals surface area contributed by atoms with E-state index in [0.29, 0.717) is 12.4 Å². The van der Waals surface area contributed by atoms with E-state index in [4.69, 9.17) is 4.52 Å². The Balaban J connectivity index is 1.78. The van der Waals surface area contributed by atoms with Gasteiger partial charge in [0.1, 0.15) is 0 Å². The van der Waals surface area contributed by atoms with Crippen LogP contribution in [-0.2, 0) is 20.0 Å². The van der Waals surface area contributed by atoms with Crippen molar-refractivity contribution in [3.05, 3.63) is 58.3 Å². The van der Waals surface area contributed by atoms with E-state index in [1.54, 1.807) is 9.25 Å². The van der Waals surface area contributed by atoms with E-state index in [1.807, 2.05) is 50.6 Å². The second kappa shape index (κ2) is 6.01. The zero-order valence-electron chi connectivity index (χ0n) is 12.7. The highest BCUT2D eigenvalue weighted by molar-refractivity contribution is 5.59. The SMILES string of the molecule is Cc1ccccc1-c1noc(=O)n1CCCc1cnn(C)c1. The van der Waals surface area contributed by atoms with E-state index in [2.05, 4.69) is 10.3 Å². The first-order chi connectivity index (χ1) is 10.6. The molecule has 0 fully saturated rings. The van der Waals surface area contributed by atoms with Gasteiger partial charge >= 0.3 is 5.76 Å². The van der Waals surface area contributed by atoms with Crippen LogP contribution < -0.4 is 5.76 Å². The Morgan fingerprint density at radius 3 is 2.82 bits per heavy atom. The highest BCUT2D eigenvalue weighted by Gasteiger charge is 2.14. The van der Waals surface area contributed by atoms with Crippen molar-refractivity contribution >= 4 is 0 Å². The first-order valence-electron chi connectivity index (χ1n) is 7.25. The number of rotatable bonds is 5. The summed E-state index contributed by atoms with van der Waals surface area (Å²) >= 11 is 0. The molecule has 0 atom stereocenters. The van der Waals surface area contributed by atoms with Gasteiger partial charge in [0.2, 0.25) is 0 Å². The molecular formula is C16H18N4O2. The molecular weight excluding hydrogens is 280 g/mol. The van der Waals surface area contributed by atoms with Crippen molar-refractivity contribution in [3.8, 4) is 11.4 Å². The van der Waals surface area contributed by atoms with Crippen molar-refractivity contribution in [2.45, 2.75) is 26.3 Å². The lowest BCUT2D eigenvalue weighted by Gasteiger charge is -2.06. The number of benzene rings is 1. The molecule has 1 aromatic carbocycles. The zero-order valence-corrected chi connectivity index (χ0v) is 12.7. The molecule has 0 bridgehead atoms. The minimum absolute atomic E-state index is 0.413. The molecule has 2 aromatic heterocycles. The second-order valence-electron chi connectivity index (χ2n) is 5.36. The van der Waals surface area contributed by atoms with Crippen LogP contribution in [0.25, 0.3) is 11.4 Å². The summed E-state index contributed by atoms with van der Waals surface area (Å²) in [6, 6.07) is 7.84. The Kier molecular flexibility index (Phi) is 3.91. The van der Waals surface area contributed by atoms with Gasteiger partial charge in [-0.3, -0.25) is 13.8 Å². The quantitative estimate of drug-likeness (QED) is 0.724. The Morgan fingerprint density at radius 2 is 2.09 bits per heavy atom. The minimum atomic E-state index is -0.413. The molecule has 22 heavy (non-hydrogen) atoms. The van der Waals surface area contributed by atoms with Gasteiger partial charge < -0.3 is 0 Å². The standard InChI is InChI=1S/C16H18N4O2/c1-12-6-3-4-8-14(12)15-18-22-16(21)20(15)9-5-7-13-10-17-19(2)11-13/h3-4,6,8,10-11H,5,7,9H2,1-2H3. The largest absolute Gasteiger partial charge is 0.441 e. The molecule has 0 unspecified atom stereocenters. The molecule has 6 nitrogen and oxygen atoms in total. The third kappa shape index (κ3) is 2.86. The Labute approximate surface area is 128 Å². The molecule has 0 saturated heterocycles. The van der Waals surface area contributed by atoms with Crippen LogP contribution in [0.2, 0.25) is 0 Å². The van der Waals surface area contributed by atoms with Crippen molar-refractivity contribution in [1.82, 2.24) is 19.5 Å². The van der Waals surface area contributed by atoms with Gasteiger partial charge in [0.25, 0.3) is 0 Å². The lowest BCUT2D eigenvalue weighted by molar-refractivity contribution is 0.375. The number of aryl methyl sites for hydroxylation is 3. The second-order valence-corrected chi connectivity index (χ2v) is 5.36. The number of hydrogen-bond acceptors (Lipinski definition) is 4. The van der Waals surface area contributed by atoms with E-state index in [-0.39, 0.29) is 0 Å². The summed E-state index contributed by atoms with van der Waals surface area (Å²) in [4.78, 5) is 11.9. The maximum absolute atomic E-state index is 11.9. The van der Waals surface area contributed by atoms with Gasteiger partial charge in [0.15, 0.2) is 5.82 Å². The van der Waals surface area contributed by atoms with E-state index in [1.165, 1.54) is 0 Å². The van der Waals surface area contributed by atoms with Crippen LogP contribution in [0, 0.1) is 6.92 Å². The molecule has 6 heteroatoms. The maximum Gasteiger partial charge on any atom is 0.441 e. The first-order valence-corrected chi connectivity index (χ1v) is 7.25. The number of aromatic nitrogens is 4. The third-order valence-electron chi connectivity index (χ3n) is 3.68. The fourth-order valence-corrected chi connectivity index (χ4v) is 2.53. The lowest BCUT2D eigenvalue weighted by atomic mass is 10.1. The van der Waals surface area contributed by atoms with Crippen LogP contribution in [0.1, 0.15) is 17.5 Å². The van der Waals surface area contributed by atoms with Crippen molar-refractivity contribution in [2.75, 3.05) is 0 Å². The summed E-state index contributed by atoms with van der Waals surface area (Å²) in [6.45, 7) is 2.56. The smallest absolute Gasteiger partial charge is 0.295 e. The summed E-state index contributed by atoms with van der Waals surface area (Å²) in [5.41, 5.74) is 3.15. The molecule has 0 aliphatic heterocycles. The summed E-state index contributed by atoms with van der Waals surface area (Å²) in [5.74, 6) is 0.179. The lowest BCUT2D eigenvalue weighted by Crippen LogP contribution is -2.16. The highest BCUT2D eigenvalue weighted by Crippen LogP contribution is 2.20. The number of nitrogens with zero attached hydrogens (tertiary/aromatic N) is 4. The van der Waals surface area contributed by atoms with Crippen molar-refractivity contribution in [1.29, 1.82) is 0 Å². The van der Waals surface area contributed by atoms with Gasteiger partial charge in [-0.05, 0) is 30.9 Å². The molecule has 3 aromatic rings. The minimum Gasteiger partial charge on any atom is -0.295 e. The zero-order chi connectivity index (χ0) is 15.5. The summed E-state index contributed by atoms with van der Waals surface area (Å²) < 4.78 is 8.23. The fraction of sp³-hybridized carbons (Fsp3) is 0.312. The predicted molar refractivity (Wildman–Crippen MR) is 82.5 cm³/mol. The van der Waals surface area contributed by atoms with Crippen LogP contribution in [0.5, 0.6) is 0 Å². The van der Waals surface area contributed by atoms with E-state index in [9.17, 15) is 4.79 Å². The Morgan fingerprint density at radius 1 is 1.27 bits per heavy atom. The van der Waals surface area contributed by atoms with Crippen LogP contribution in [-0.4, -0.2) is 19.5 Å². The monoisotopic (exact) mass is 298 g/mol. The summed E-state index contributed by atoms with van der Waals surface area (Å²) in [6.07, 6.45) is 5.52.